The Balaban J connectivity index is 2.67. The van der Waals surface area contributed by atoms with Crippen molar-refractivity contribution in [2.75, 3.05) is 31.3 Å². The van der Waals surface area contributed by atoms with Gasteiger partial charge in [-0.3, -0.25) is 10.1 Å². The zero-order valence-corrected chi connectivity index (χ0v) is 11.6. The Hall–Kier alpha value is -1.27. The zero-order valence-electron chi connectivity index (χ0n) is 10.8. The van der Waals surface area contributed by atoms with Gasteiger partial charge in [0.15, 0.2) is 0 Å². The fraction of sp³-hybridized carbons (Fsp3) is 0.500. The van der Waals surface area contributed by atoms with Gasteiger partial charge in [-0.1, -0.05) is 12.1 Å². The summed E-state index contributed by atoms with van der Waals surface area (Å²) in [6.07, 6.45) is 3.19. The van der Waals surface area contributed by atoms with Crippen LogP contribution in [0.15, 0.2) is 18.2 Å². The molecule has 2 N–H and O–H groups in total. The quantitative estimate of drug-likeness (QED) is 0.356. The van der Waals surface area contributed by atoms with Crippen LogP contribution in [0.25, 0.3) is 0 Å². The van der Waals surface area contributed by atoms with E-state index in [0.29, 0.717) is 6.54 Å². The molecule has 0 amide bonds. The van der Waals surface area contributed by atoms with E-state index in [1.807, 2.05) is 24.9 Å². The topological polar surface area (TPSA) is 72.4 Å². The third-order valence-electron chi connectivity index (χ3n) is 2.70. The maximum absolute atomic E-state index is 10.8. The number of para-hydroxylation sites is 1. The molecule has 18 heavy (non-hydrogen) atoms. The highest BCUT2D eigenvalue weighted by atomic mass is 32.2. The van der Waals surface area contributed by atoms with E-state index in [9.17, 15) is 10.1 Å². The molecule has 0 bridgehead atoms. The molecule has 1 rings (SSSR count). The van der Waals surface area contributed by atoms with Gasteiger partial charge in [0.1, 0.15) is 5.69 Å². The first-order valence-electron chi connectivity index (χ1n) is 5.75. The van der Waals surface area contributed by atoms with Gasteiger partial charge in [0, 0.05) is 12.6 Å². The molecule has 1 aromatic rings. The summed E-state index contributed by atoms with van der Waals surface area (Å²) in [7, 11) is 2.00. The highest BCUT2D eigenvalue weighted by molar-refractivity contribution is 7.98. The van der Waals surface area contributed by atoms with Crippen molar-refractivity contribution < 1.29 is 4.92 Å². The van der Waals surface area contributed by atoms with Gasteiger partial charge in [-0.25, -0.2) is 0 Å². The summed E-state index contributed by atoms with van der Waals surface area (Å²) in [5, 5.41) is 10.8. The van der Waals surface area contributed by atoms with Crippen LogP contribution in [0.4, 0.5) is 11.4 Å². The molecule has 0 spiro atoms. The lowest BCUT2D eigenvalue weighted by Gasteiger charge is -2.17. The first-order chi connectivity index (χ1) is 8.56. The normalized spacial score (nSPS) is 10.8. The number of nitrogen functional groups attached to an aromatic ring is 1. The fourth-order valence-electron chi connectivity index (χ4n) is 1.75. The number of anilines is 1. The molecule has 0 aliphatic rings. The van der Waals surface area contributed by atoms with Crippen molar-refractivity contribution in [2.24, 2.45) is 0 Å². The second-order valence-corrected chi connectivity index (χ2v) is 5.18. The molecule has 0 fully saturated rings. The molecule has 100 valence electrons. The zero-order chi connectivity index (χ0) is 13.5. The van der Waals surface area contributed by atoms with Gasteiger partial charge in [0.2, 0.25) is 0 Å². The van der Waals surface area contributed by atoms with Gasteiger partial charge in [-0.05, 0) is 37.6 Å². The summed E-state index contributed by atoms with van der Waals surface area (Å²) in [4.78, 5) is 12.5. The number of benzene rings is 1. The van der Waals surface area contributed by atoms with Gasteiger partial charge < -0.3 is 10.6 Å². The molecule has 5 nitrogen and oxygen atoms in total. The average Bonchev–Trinajstić information content (AvgIpc) is 2.32. The summed E-state index contributed by atoms with van der Waals surface area (Å²) >= 11 is 1.82. The second kappa shape index (κ2) is 7.23. The van der Waals surface area contributed by atoms with Gasteiger partial charge in [0.25, 0.3) is 5.69 Å². The first-order valence-corrected chi connectivity index (χ1v) is 7.15. The fourth-order valence-corrected chi connectivity index (χ4v) is 2.16. The van der Waals surface area contributed by atoms with E-state index in [1.165, 1.54) is 6.07 Å². The summed E-state index contributed by atoms with van der Waals surface area (Å²) in [6.45, 7) is 1.60. The Bertz CT molecular complexity index is 412. The molecule has 0 aromatic heterocycles. The molecular formula is C12H19N3O2S. The Labute approximate surface area is 111 Å². The number of nitro benzene ring substituents is 1. The SMILES string of the molecule is CSCCCN(C)Cc1cccc([N+](=O)[O-])c1N. The minimum absolute atomic E-state index is 0.00925. The molecule has 0 saturated heterocycles. The Morgan fingerprint density at radius 2 is 2.22 bits per heavy atom. The highest BCUT2D eigenvalue weighted by Crippen LogP contribution is 2.25. The van der Waals surface area contributed by atoms with Crippen LogP contribution in [0, 0.1) is 10.1 Å². The monoisotopic (exact) mass is 269 g/mol. The van der Waals surface area contributed by atoms with E-state index in [0.717, 1.165) is 24.3 Å². The van der Waals surface area contributed by atoms with Crippen LogP contribution < -0.4 is 5.73 Å². The second-order valence-electron chi connectivity index (χ2n) is 4.19. The van der Waals surface area contributed by atoms with E-state index in [2.05, 4.69) is 11.2 Å². The first kappa shape index (κ1) is 14.8. The minimum Gasteiger partial charge on any atom is -0.393 e. The summed E-state index contributed by atoms with van der Waals surface area (Å²) in [6, 6.07) is 4.96. The number of hydrogen-bond acceptors (Lipinski definition) is 5. The third kappa shape index (κ3) is 4.19. The standard InChI is InChI=1S/C12H19N3O2S/c1-14(7-4-8-18-2)9-10-5-3-6-11(12(10)13)15(16)17/h3,5-6H,4,7-9,13H2,1-2H3. The Morgan fingerprint density at radius 1 is 1.50 bits per heavy atom. The highest BCUT2D eigenvalue weighted by Gasteiger charge is 2.14. The number of nitrogens with two attached hydrogens (primary N) is 1. The lowest BCUT2D eigenvalue weighted by atomic mass is 10.1. The summed E-state index contributed by atoms with van der Waals surface area (Å²) in [5.74, 6) is 1.12. The number of nitrogens with zero attached hydrogens (tertiary/aromatic N) is 2. The van der Waals surface area contributed by atoms with Gasteiger partial charge in [-0.2, -0.15) is 11.8 Å². The number of hydrogen-bond donors (Lipinski definition) is 1. The molecule has 0 saturated carbocycles. The lowest BCUT2D eigenvalue weighted by Crippen LogP contribution is -2.20. The summed E-state index contributed by atoms with van der Waals surface area (Å²) < 4.78 is 0. The predicted octanol–water partition coefficient (Wildman–Crippen LogP) is 2.36. The third-order valence-corrected chi connectivity index (χ3v) is 3.40. The summed E-state index contributed by atoms with van der Waals surface area (Å²) in [5.41, 5.74) is 6.90. The predicted molar refractivity (Wildman–Crippen MR) is 76.8 cm³/mol. The molecule has 1 aromatic carbocycles. The van der Waals surface area contributed by atoms with Crippen molar-refractivity contribution in [3.05, 3.63) is 33.9 Å². The van der Waals surface area contributed by atoms with Crippen molar-refractivity contribution in [3.8, 4) is 0 Å². The minimum atomic E-state index is -0.438. The Kier molecular flexibility index (Phi) is 5.94. The van der Waals surface area contributed by atoms with Crippen LogP contribution in [0.5, 0.6) is 0 Å². The van der Waals surface area contributed by atoms with Crippen LogP contribution in [0.3, 0.4) is 0 Å². The van der Waals surface area contributed by atoms with E-state index in [-0.39, 0.29) is 11.4 Å². The Morgan fingerprint density at radius 3 is 2.83 bits per heavy atom. The maximum Gasteiger partial charge on any atom is 0.292 e. The van der Waals surface area contributed by atoms with Gasteiger partial charge in [-0.15, -0.1) is 0 Å². The largest absolute Gasteiger partial charge is 0.393 e. The van der Waals surface area contributed by atoms with Crippen molar-refractivity contribution in [2.45, 2.75) is 13.0 Å². The number of nitro groups is 1. The molecule has 6 heteroatoms. The maximum atomic E-state index is 10.8. The molecule has 0 aliphatic carbocycles. The van der Waals surface area contributed by atoms with Gasteiger partial charge in [0.05, 0.1) is 4.92 Å². The molecule has 0 unspecified atom stereocenters. The average molecular weight is 269 g/mol. The van der Waals surface area contributed by atoms with Crippen molar-refractivity contribution in [3.63, 3.8) is 0 Å². The van der Waals surface area contributed by atoms with Crippen LogP contribution in [-0.2, 0) is 6.54 Å². The van der Waals surface area contributed by atoms with Crippen molar-refractivity contribution in [1.29, 1.82) is 0 Å². The van der Waals surface area contributed by atoms with Crippen LogP contribution in [0.1, 0.15) is 12.0 Å². The van der Waals surface area contributed by atoms with Gasteiger partial charge >= 0.3 is 0 Å². The van der Waals surface area contributed by atoms with Crippen LogP contribution in [-0.4, -0.2) is 35.4 Å². The van der Waals surface area contributed by atoms with Crippen LogP contribution >= 0.6 is 11.8 Å². The van der Waals surface area contributed by atoms with E-state index < -0.39 is 4.92 Å². The number of rotatable bonds is 7. The van der Waals surface area contributed by atoms with Crippen molar-refractivity contribution >= 4 is 23.1 Å². The smallest absolute Gasteiger partial charge is 0.292 e. The molecule has 0 heterocycles. The number of thioether (sulfide) groups is 1. The van der Waals surface area contributed by atoms with E-state index >= 15 is 0 Å². The van der Waals surface area contributed by atoms with E-state index in [1.54, 1.807) is 6.07 Å². The van der Waals surface area contributed by atoms with Crippen molar-refractivity contribution in [1.82, 2.24) is 4.90 Å². The van der Waals surface area contributed by atoms with Crippen LogP contribution in [0.2, 0.25) is 0 Å². The molecular weight excluding hydrogens is 250 g/mol. The van der Waals surface area contributed by atoms with E-state index in [4.69, 9.17) is 5.73 Å². The molecule has 0 radical (unpaired) electrons. The molecule has 0 aliphatic heterocycles. The lowest BCUT2D eigenvalue weighted by molar-refractivity contribution is -0.384. The molecule has 0 atom stereocenters.